The van der Waals surface area contributed by atoms with E-state index in [9.17, 15) is 14.7 Å². The Morgan fingerprint density at radius 1 is 1.35 bits per heavy atom. The lowest BCUT2D eigenvalue weighted by molar-refractivity contribution is -0.150. The Balaban J connectivity index is 2.04. The van der Waals surface area contributed by atoms with E-state index in [2.05, 4.69) is 5.32 Å². The number of amides is 1. The third-order valence-corrected chi connectivity index (χ3v) is 4.38. The smallest absolute Gasteiger partial charge is 0.310 e. The number of nitrogens with one attached hydrogen (secondary N) is 1. The highest BCUT2D eigenvalue weighted by Gasteiger charge is 2.42. The summed E-state index contributed by atoms with van der Waals surface area (Å²) in [4.78, 5) is 23.5. The second-order valence-corrected chi connectivity index (χ2v) is 5.89. The number of hydrogen-bond donors (Lipinski definition) is 2. The largest absolute Gasteiger partial charge is 0.481 e. The Bertz CT molecular complexity index is 536. The van der Waals surface area contributed by atoms with E-state index in [0.29, 0.717) is 23.6 Å². The fraction of sp³-hybridized carbons (Fsp3) is 0.467. The number of anilines is 1. The summed E-state index contributed by atoms with van der Waals surface area (Å²) in [5.74, 6) is -1.14. The molecule has 2 rings (SSSR count). The van der Waals surface area contributed by atoms with Gasteiger partial charge < -0.3 is 10.4 Å². The summed E-state index contributed by atoms with van der Waals surface area (Å²) in [5, 5.41) is 12.7. The Morgan fingerprint density at radius 2 is 2.00 bits per heavy atom. The molecule has 1 saturated carbocycles. The van der Waals surface area contributed by atoms with Gasteiger partial charge in [-0.15, -0.1) is 0 Å². The summed E-state index contributed by atoms with van der Waals surface area (Å²) in [5.41, 5.74) is 0.644. The van der Waals surface area contributed by atoms with Gasteiger partial charge in [0.15, 0.2) is 0 Å². The van der Waals surface area contributed by atoms with Crippen molar-refractivity contribution in [2.24, 2.45) is 5.41 Å². The average molecular weight is 296 g/mol. The van der Waals surface area contributed by atoms with Gasteiger partial charge in [-0.25, -0.2) is 0 Å². The second-order valence-electron chi connectivity index (χ2n) is 5.48. The van der Waals surface area contributed by atoms with Crippen molar-refractivity contribution in [3.05, 3.63) is 28.8 Å². The molecule has 1 aromatic rings. The van der Waals surface area contributed by atoms with E-state index in [1.54, 1.807) is 12.1 Å². The molecule has 108 valence electrons. The molecule has 0 atom stereocenters. The monoisotopic (exact) mass is 295 g/mol. The first-order valence-electron chi connectivity index (χ1n) is 6.72. The van der Waals surface area contributed by atoms with Crippen LogP contribution in [0, 0.1) is 12.3 Å². The standard InChI is InChI=1S/C15H18ClNO3/c1-10-4-5-11(8-12(10)16)17-13(18)9-15(14(19)20)6-2-3-7-15/h4-5,8H,2-3,6-7,9H2,1H3,(H,17,18)(H,19,20). The molecule has 0 aliphatic heterocycles. The SMILES string of the molecule is Cc1ccc(NC(=O)CC2(C(=O)O)CCCC2)cc1Cl. The highest BCUT2D eigenvalue weighted by atomic mass is 35.5. The van der Waals surface area contributed by atoms with Crippen molar-refractivity contribution in [3.8, 4) is 0 Å². The van der Waals surface area contributed by atoms with Crippen LogP contribution in [0.2, 0.25) is 5.02 Å². The molecule has 0 heterocycles. The number of aryl methyl sites for hydroxylation is 1. The van der Waals surface area contributed by atoms with E-state index in [0.717, 1.165) is 18.4 Å². The van der Waals surface area contributed by atoms with Crippen LogP contribution < -0.4 is 5.32 Å². The van der Waals surface area contributed by atoms with Crippen LogP contribution in [0.1, 0.15) is 37.7 Å². The fourth-order valence-electron chi connectivity index (χ4n) is 2.70. The van der Waals surface area contributed by atoms with Crippen molar-refractivity contribution in [3.63, 3.8) is 0 Å². The molecule has 5 heteroatoms. The Hall–Kier alpha value is -1.55. The number of carbonyl (C=O) groups is 2. The minimum Gasteiger partial charge on any atom is -0.481 e. The quantitative estimate of drug-likeness (QED) is 0.891. The first-order chi connectivity index (χ1) is 9.43. The molecular formula is C15H18ClNO3. The van der Waals surface area contributed by atoms with E-state index in [1.807, 2.05) is 13.0 Å². The van der Waals surface area contributed by atoms with Gasteiger partial charge in [0.05, 0.1) is 5.41 Å². The zero-order valence-corrected chi connectivity index (χ0v) is 12.2. The van der Waals surface area contributed by atoms with Crippen LogP contribution in [0.4, 0.5) is 5.69 Å². The number of aliphatic carboxylic acids is 1. The minimum absolute atomic E-state index is 0.0217. The Kier molecular flexibility index (Phi) is 4.33. The van der Waals surface area contributed by atoms with Crippen LogP contribution in [0.25, 0.3) is 0 Å². The van der Waals surface area contributed by atoms with E-state index in [1.165, 1.54) is 0 Å². The average Bonchev–Trinajstić information content (AvgIpc) is 2.83. The highest BCUT2D eigenvalue weighted by Crippen LogP contribution is 2.41. The first-order valence-corrected chi connectivity index (χ1v) is 7.10. The molecule has 20 heavy (non-hydrogen) atoms. The van der Waals surface area contributed by atoms with Gasteiger partial charge in [0.25, 0.3) is 0 Å². The zero-order valence-electron chi connectivity index (χ0n) is 11.4. The van der Waals surface area contributed by atoms with Gasteiger partial charge in [0.2, 0.25) is 5.91 Å². The van der Waals surface area contributed by atoms with Crippen molar-refractivity contribution >= 4 is 29.2 Å². The number of hydrogen-bond acceptors (Lipinski definition) is 2. The molecule has 1 amide bonds. The molecule has 4 nitrogen and oxygen atoms in total. The Morgan fingerprint density at radius 3 is 2.55 bits per heavy atom. The van der Waals surface area contributed by atoms with Gasteiger partial charge in [-0.1, -0.05) is 30.5 Å². The van der Waals surface area contributed by atoms with E-state index >= 15 is 0 Å². The lowest BCUT2D eigenvalue weighted by atomic mass is 9.82. The molecule has 0 aromatic heterocycles. The lowest BCUT2D eigenvalue weighted by Crippen LogP contribution is -2.32. The van der Waals surface area contributed by atoms with E-state index in [-0.39, 0.29) is 12.3 Å². The summed E-state index contributed by atoms with van der Waals surface area (Å²) in [6.07, 6.45) is 2.91. The molecule has 1 aromatic carbocycles. The number of rotatable bonds is 4. The van der Waals surface area contributed by atoms with Crippen LogP contribution in [0.3, 0.4) is 0 Å². The summed E-state index contributed by atoms with van der Waals surface area (Å²) in [6, 6.07) is 5.26. The third kappa shape index (κ3) is 3.12. The summed E-state index contributed by atoms with van der Waals surface area (Å²) < 4.78 is 0. The van der Waals surface area contributed by atoms with Gasteiger partial charge in [0.1, 0.15) is 0 Å². The van der Waals surface area contributed by atoms with Crippen molar-refractivity contribution in [1.82, 2.24) is 0 Å². The number of carboxylic acids is 1. The molecule has 1 fully saturated rings. The van der Waals surface area contributed by atoms with E-state index < -0.39 is 11.4 Å². The van der Waals surface area contributed by atoms with Crippen LogP contribution >= 0.6 is 11.6 Å². The molecular weight excluding hydrogens is 278 g/mol. The maximum atomic E-state index is 12.1. The molecule has 0 bridgehead atoms. The molecule has 0 unspecified atom stereocenters. The number of carbonyl (C=O) groups excluding carboxylic acids is 1. The molecule has 0 spiro atoms. The summed E-state index contributed by atoms with van der Waals surface area (Å²) >= 11 is 6.00. The number of benzene rings is 1. The molecule has 1 aliphatic carbocycles. The van der Waals surface area contributed by atoms with Crippen LogP contribution in [-0.4, -0.2) is 17.0 Å². The van der Waals surface area contributed by atoms with Gasteiger partial charge in [-0.3, -0.25) is 9.59 Å². The predicted octanol–water partition coefficient (Wildman–Crippen LogP) is 3.62. The van der Waals surface area contributed by atoms with Crippen LogP contribution in [-0.2, 0) is 9.59 Å². The molecule has 1 aliphatic rings. The molecule has 0 radical (unpaired) electrons. The highest BCUT2D eigenvalue weighted by molar-refractivity contribution is 6.31. The fourth-order valence-corrected chi connectivity index (χ4v) is 2.88. The maximum Gasteiger partial charge on any atom is 0.310 e. The Labute approximate surface area is 123 Å². The van der Waals surface area contributed by atoms with Crippen molar-refractivity contribution in [2.75, 3.05) is 5.32 Å². The first kappa shape index (κ1) is 14.9. The predicted molar refractivity (Wildman–Crippen MR) is 78.0 cm³/mol. The molecule has 0 saturated heterocycles. The third-order valence-electron chi connectivity index (χ3n) is 3.97. The number of halogens is 1. The van der Waals surface area contributed by atoms with Crippen LogP contribution in [0.15, 0.2) is 18.2 Å². The van der Waals surface area contributed by atoms with Gasteiger partial charge in [-0.05, 0) is 37.5 Å². The number of carboxylic acid groups (broad SMARTS) is 1. The van der Waals surface area contributed by atoms with Gasteiger partial charge >= 0.3 is 5.97 Å². The second kappa shape index (κ2) is 5.83. The summed E-state index contributed by atoms with van der Waals surface area (Å²) in [6.45, 7) is 1.88. The topological polar surface area (TPSA) is 66.4 Å². The van der Waals surface area contributed by atoms with Gasteiger partial charge in [0, 0.05) is 17.1 Å². The van der Waals surface area contributed by atoms with Crippen LogP contribution in [0.5, 0.6) is 0 Å². The molecule has 2 N–H and O–H groups in total. The van der Waals surface area contributed by atoms with Gasteiger partial charge in [-0.2, -0.15) is 0 Å². The van der Waals surface area contributed by atoms with Crippen molar-refractivity contribution in [1.29, 1.82) is 0 Å². The normalized spacial score (nSPS) is 16.9. The van der Waals surface area contributed by atoms with Crippen molar-refractivity contribution < 1.29 is 14.7 Å². The minimum atomic E-state index is -0.890. The zero-order chi connectivity index (χ0) is 14.8. The summed E-state index contributed by atoms with van der Waals surface area (Å²) in [7, 11) is 0. The maximum absolute atomic E-state index is 12.1. The van der Waals surface area contributed by atoms with Crippen molar-refractivity contribution in [2.45, 2.75) is 39.0 Å². The lowest BCUT2D eigenvalue weighted by Gasteiger charge is -2.22. The van der Waals surface area contributed by atoms with E-state index in [4.69, 9.17) is 11.6 Å².